The Morgan fingerprint density at radius 1 is 1.04 bits per heavy atom. The van der Waals surface area contributed by atoms with Crippen molar-refractivity contribution in [3.63, 3.8) is 0 Å². The van der Waals surface area contributed by atoms with Crippen molar-refractivity contribution in [2.24, 2.45) is 35.0 Å². The first-order chi connectivity index (χ1) is 22.5. The Bertz CT molecular complexity index is 1600. The van der Waals surface area contributed by atoms with E-state index in [0.717, 1.165) is 19.3 Å². The summed E-state index contributed by atoms with van der Waals surface area (Å²) in [5.41, 5.74) is -5.42. The van der Waals surface area contributed by atoms with Crippen LogP contribution in [0, 0.1) is 35.0 Å². The molecule has 48 heavy (non-hydrogen) atoms. The van der Waals surface area contributed by atoms with E-state index in [1.165, 1.54) is 26.2 Å². The quantitative estimate of drug-likeness (QED) is 0.283. The lowest BCUT2D eigenvalue weighted by atomic mass is 9.59. The van der Waals surface area contributed by atoms with Crippen molar-refractivity contribution in [1.82, 2.24) is 0 Å². The Balaban J connectivity index is 1.42. The summed E-state index contributed by atoms with van der Waals surface area (Å²) in [5, 5.41) is 35.2. The molecular formula is C37H46O11. The molecule has 0 unspecified atom stereocenters. The SMILES string of the molecule is COc1cc(CC(=O)OC2=C[C@H]3[C@@H]4C(C)(C)[C@]4(OC(C)=O)[C@H](OC(=O)C4CCCCC4)[C@@H](C)[C@]3(O)[C@@H]3C=C(C)C(=O)[C@@]3(O)C2)ccc1O. The Morgan fingerprint density at radius 3 is 2.38 bits per heavy atom. The zero-order valence-corrected chi connectivity index (χ0v) is 28.4. The molecule has 11 heteroatoms. The molecule has 5 aliphatic rings. The summed E-state index contributed by atoms with van der Waals surface area (Å²) in [6.45, 7) is 8.34. The molecule has 1 aromatic rings. The lowest BCUT2D eigenvalue weighted by molar-refractivity contribution is -0.230. The number of aromatic hydroxyl groups is 1. The lowest BCUT2D eigenvalue weighted by Crippen LogP contribution is -2.66. The summed E-state index contributed by atoms with van der Waals surface area (Å²) in [7, 11) is 1.39. The van der Waals surface area contributed by atoms with E-state index in [9.17, 15) is 34.5 Å². The number of phenols is 1. The topological polar surface area (TPSA) is 166 Å². The molecule has 260 valence electrons. The number of carbonyl (C=O) groups excluding carboxylic acids is 4. The summed E-state index contributed by atoms with van der Waals surface area (Å²) in [6, 6.07) is 4.45. The molecule has 0 saturated heterocycles. The standard InChI is InChI=1S/C37H46O11/c1-19-14-28-35(43,31(19)41)18-24(46-29(40)16-22-12-13-26(39)27(15-22)45-6)17-25-30-34(4,5)37(30,48-21(3)38)32(20(2)36(25,28)44)47-33(42)23-10-8-7-9-11-23/h12-15,17,20,23,25,28,30,32,39,43-44H,7-11,16,18H2,1-6H3/t20-,25+,28-,30-,32-,35-,36-,37-/m1/s1. The van der Waals surface area contributed by atoms with Crippen molar-refractivity contribution in [3.05, 3.63) is 47.2 Å². The molecule has 0 spiro atoms. The maximum absolute atomic E-state index is 13.7. The second-order valence-corrected chi connectivity index (χ2v) is 15.0. The maximum atomic E-state index is 13.7. The summed E-state index contributed by atoms with van der Waals surface area (Å²) >= 11 is 0. The van der Waals surface area contributed by atoms with Crippen molar-refractivity contribution >= 4 is 23.7 Å². The fourth-order valence-electron chi connectivity index (χ4n) is 9.63. The molecule has 0 radical (unpaired) electrons. The number of ether oxygens (including phenoxy) is 4. The number of carbonyl (C=O) groups is 4. The normalized spacial score (nSPS) is 36.7. The van der Waals surface area contributed by atoms with E-state index >= 15 is 0 Å². The summed E-state index contributed by atoms with van der Waals surface area (Å²) in [5.74, 6) is -6.05. The van der Waals surface area contributed by atoms with Crippen LogP contribution in [0.15, 0.2) is 41.7 Å². The van der Waals surface area contributed by atoms with E-state index < -0.39 is 75.7 Å². The molecule has 1 aromatic carbocycles. The van der Waals surface area contributed by atoms with Gasteiger partial charge in [0.1, 0.15) is 17.5 Å². The largest absolute Gasteiger partial charge is 0.504 e. The van der Waals surface area contributed by atoms with Gasteiger partial charge in [-0.1, -0.05) is 52.2 Å². The van der Waals surface area contributed by atoms with Crippen LogP contribution in [0.5, 0.6) is 11.5 Å². The summed E-state index contributed by atoms with van der Waals surface area (Å²) < 4.78 is 23.5. The molecule has 6 rings (SSSR count). The van der Waals surface area contributed by atoms with Crippen LogP contribution in [-0.4, -0.2) is 69.0 Å². The van der Waals surface area contributed by atoms with E-state index in [4.69, 9.17) is 18.9 Å². The van der Waals surface area contributed by atoms with Gasteiger partial charge in [0.15, 0.2) is 22.9 Å². The highest BCUT2D eigenvalue weighted by Crippen LogP contribution is 2.77. The van der Waals surface area contributed by atoms with Gasteiger partial charge in [0, 0.05) is 42.4 Å². The Labute approximate surface area is 280 Å². The van der Waals surface area contributed by atoms with Gasteiger partial charge in [0.2, 0.25) is 0 Å². The van der Waals surface area contributed by atoms with E-state index in [1.807, 2.05) is 13.8 Å². The minimum Gasteiger partial charge on any atom is -0.504 e. The molecular weight excluding hydrogens is 620 g/mol. The molecule has 0 aliphatic heterocycles. The van der Waals surface area contributed by atoms with E-state index in [2.05, 4.69) is 0 Å². The van der Waals surface area contributed by atoms with Crippen LogP contribution in [0.3, 0.4) is 0 Å². The third-order valence-electron chi connectivity index (χ3n) is 12.0. The molecule has 3 fully saturated rings. The van der Waals surface area contributed by atoms with Gasteiger partial charge in [0.25, 0.3) is 0 Å². The average molecular weight is 667 g/mol. The Kier molecular flexibility index (Phi) is 8.35. The molecule has 3 N–H and O–H groups in total. The zero-order chi connectivity index (χ0) is 35.0. The number of Topliss-reactive ketones (excluding diaryl/α,β-unsaturated/α-hetero) is 1. The molecule has 11 nitrogen and oxygen atoms in total. The summed E-state index contributed by atoms with van der Waals surface area (Å²) in [6.07, 6.45) is 5.72. The second-order valence-electron chi connectivity index (χ2n) is 15.0. The number of benzene rings is 1. The van der Waals surface area contributed by atoms with Crippen molar-refractivity contribution in [2.45, 2.75) is 102 Å². The van der Waals surface area contributed by atoms with Gasteiger partial charge in [-0.05, 0) is 49.1 Å². The molecule has 0 heterocycles. The minimum absolute atomic E-state index is 0.0000984. The molecule has 8 atom stereocenters. The maximum Gasteiger partial charge on any atom is 0.315 e. The fourth-order valence-corrected chi connectivity index (χ4v) is 9.63. The van der Waals surface area contributed by atoms with Crippen LogP contribution >= 0.6 is 0 Å². The van der Waals surface area contributed by atoms with Crippen LogP contribution in [0.1, 0.15) is 78.7 Å². The number of phenolic OH excluding ortho intramolecular Hbond substituents is 1. The van der Waals surface area contributed by atoms with Gasteiger partial charge in [-0.15, -0.1) is 0 Å². The van der Waals surface area contributed by atoms with Crippen LogP contribution in [-0.2, 0) is 39.8 Å². The average Bonchev–Trinajstić information content (AvgIpc) is 3.45. The Morgan fingerprint density at radius 2 is 1.73 bits per heavy atom. The first-order valence-corrected chi connectivity index (χ1v) is 16.9. The second kappa shape index (κ2) is 11.7. The molecule has 0 aromatic heterocycles. The highest BCUT2D eigenvalue weighted by Gasteiger charge is 2.88. The zero-order valence-electron chi connectivity index (χ0n) is 28.4. The van der Waals surface area contributed by atoms with Gasteiger partial charge in [-0.25, -0.2) is 0 Å². The van der Waals surface area contributed by atoms with Gasteiger partial charge in [0.05, 0.1) is 25.0 Å². The molecule has 3 saturated carbocycles. The number of ketones is 1. The summed E-state index contributed by atoms with van der Waals surface area (Å²) in [4.78, 5) is 53.4. The van der Waals surface area contributed by atoms with Gasteiger partial charge in [-0.2, -0.15) is 0 Å². The highest BCUT2D eigenvalue weighted by atomic mass is 16.6. The van der Waals surface area contributed by atoms with Gasteiger partial charge >= 0.3 is 17.9 Å². The van der Waals surface area contributed by atoms with E-state index in [1.54, 1.807) is 32.1 Å². The van der Waals surface area contributed by atoms with Crippen molar-refractivity contribution in [2.75, 3.05) is 7.11 Å². The fraction of sp³-hybridized carbons (Fsp3) is 0.622. The molecule has 0 amide bonds. The lowest BCUT2D eigenvalue weighted by Gasteiger charge is -2.53. The van der Waals surface area contributed by atoms with Crippen molar-refractivity contribution < 1.29 is 53.4 Å². The van der Waals surface area contributed by atoms with E-state index in [0.29, 0.717) is 18.4 Å². The number of rotatable bonds is 7. The number of methoxy groups -OCH3 is 1. The van der Waals surface area contributed by atoms with Gasteiger partial charge < -0.3 is 34.3 Å². The van der Waals surface area contributed by atoms with Crippen LogP contribution in [0.2, 0.25) is 0 Å². The van der Waals surface area contributed by atoms with Gasteiger partial charge in [-0.3, -0.25) is 19.2 Å². The third kappa shape index (κ3) is 4.99. The van der Waals surface area contributed by atoms with Crippen LogP contribution in [0.4, 0.5) is 0 Å². The minimum atomic E-state index is -2.16. The number of aliphatic hydroxyl groups is 2. The first kappa shape index (κ1) is 34.2. The monoisotopic (exact) mass is 666 g/mol. The number of esters is 3. The predicted molar refractivity (Wildman–Crippen MR) is 170 cm³/mol. The van der Waals surface area contributed by atoms with Crippen LogP contribution < -0.4 is 4.74 Å². The first-order valence-electron chi connectivity index (χ1n) is 16.9. The highest BCUT2D eigenvalue weighted by molar-refractivity contribution is 6.05. The number of fused-ring (bicyclic) bond motifs is 5. The van der Waals surface area contributed by atoms with Crippen LogP contribution in [0.25, 0.3) is 0 Å². The Hall–Kier alpha value is -3.70. The van der Waals surface area contributed by atoms with Crippen molar-refractivity contribution in [1.29, 1.82) is 0 Å². The third-order valence-corrected chi connectivity index (χ3v) is 12.0. The van der Waals surface area contributed by atoms with E-state index in [-0.39, 0.29) is 41.6 Å². The smallest absolute Gasteiger partial charge is 0.315 e. The number of hydrogen-bond donors (Lipinski definition) is 3. The number of hydrogen-bond acceptors (Lipinski definition) is 11. The molecule has 0 bridgehead atoms. The molecule has 5 aliphatic carbocycles. The van der Waals surface area contributed by atoms with Crippen molar-refractivity contribution in [3.8, 4) is 11.5 Å². The predicted octanol–water partition coefficient (Wildman–Crippen LogP) is 4.10.